The highest BCUT2D eigenvalue weighted by Crippen LogP contribution is 2.39. The highest BCUT2D eigenvalue weighted by Gasteiger charge is 2.38. The number of carbonyl (C=O) groups excluding carboxylic acids is 1. The fourth-order valence-electron chi connectivity index (χ4n) is 2.13. The van der Waals surface area contributed by atoms with Crippen LogP contribution in [-0.2, 0) is 0 Å². The summed E-state index contributed by atoms with van der Waals surface area (Å²) in [6.45, 7) is 3.98. The van der Waals surface area contributed by atoms with Gasteiger partial charge in [-0.1, -0.05) is 11.6 Å². The van der Waals surface area contributed by atoms with Gasteiger partial charge in [0.25, 0.3) is 0 Å². The van der Waals surface area contributed by atoms with Gasteiger partial charge < -0.3 is 15.7 Å². The van der Waals surface area contributed by atoms with Crippen LogP contribution < -0.4 is 10.6 Å². The Hall–Kier alpha value is -1.75. The second kappa shape index (κ2) is 5.32. The van der Waals surface area contributed by atoms with Crippen LogP contribution in [0.1, 0.15) is 37.0 Å². The summed E-state index contributed by atoms with van der Waals surface area (Å²) >= 11 is 5.85. The summed E-state index contributed by atoms with van der Waals surface area (Å²) in [7, 11) is 0. The predicted molar refractivity (Wildman–Crippen MR) is 77.4 cm³/mol. The van der Waals surface area contributed by atoms with Gasteiger partial charge in [0.15, 0.2) is 0 Å². The SMILES string of the molecule is CC(C)(NC(=O)Nc1ccc(C(=O)O)c(Cl)c1)C1CC1. The minimum Gasteiger partial charge on any atom is -0.478 e. The molecular weight excluding hydrogens is 280 g/mol. The fraction of sp³-hybridized carbons (Fsp3) is 0.429. The van der Waals surface area contributed by atoms with Crippen LogP contribution in [0.2, 0.25) is 5.02 Å². The highest BCUT2D eigenvalue weighted by atomic mass is 35.5. The molecule has 0 saturated heterocycles. The summed E-state index contributed by atoms with van der Waals surface area (Å²) in [5, 5.41) is 14.5. The van der Waals surface area contributed by atoms with Crippen LogP contribution in [0, 0.1) is 5.92 Å². The van der Waals surface area contributed by atoms with Crippen molar-refractivity contribution in [3.63, 3.8) is 0 Å². The maximum Gasteiger partial charge on any atom is 0.337 e. The molecule has 0 radical (unpaired) electrons. The lowest BCUT2D eigenvalue weighted by Crippen LogP contribution is -2.47. The van der Waals surface area contributed by atoms with Crippen molar-refractivity contribution in [2.75, 3.05) is 5.32 Å². The standard InChI is InChI=1S/C14H17ClN2O3/c1-14(2,8-3-4-8)17-13(20)16-9-5-6-10(12(18)19)11(15)7-9/h5-8H,3-4H2,1-2H3,(H,18,19)(H2,16,17,20). The third-order valence-electron chi connectivity index (χ3n) is 3.49. The molecule has 2 rings (SSSR count). The highest BCUT2D eigenvalue weighted by molar-refractivity contribution is 6.33. The number of urea groups is 1. The van der Waals surface area contributed by atoms with Crippen LogP contribution in [-0.4, -0.2) is 22.6 Å². The van der Waals surface area contributed by atoms with E-state index in [1.54, 1.807) is 0 Å². The number of halogens is 1. The third kappa shape index (κ3) is 3.42. The van der Waals surface area contributed by atoms with Crippen LogP contribution in [0.4, 0.5) is 10.5 Å². The lowest BCUT2D eigenvalue weighted by Gasteiger charge is -2.26. The molecule has 1 fully saturated rings. The average Bonchev–Trinajstić information content (AvgIpc) is 3.10. The van der Waals surface area contributed by atoms with Crippen LogP contribution in [0.3, 0.4) is 0 Å². The van der Waals surface area contributed by atoms with E-state index in [1.807, 2.05) is 13.8 Å². The van der Waals surface area contributed by atoms with E-state index in [2.05, 4.69) is 10.6 Å². The molecule has 1 aromatic carbocycles. The molecule has 108 valence electrons. The Morgan fingerprint density at radius 3 is 2.50 bits per heavy atom. The molecule has 0 aromatic heterocycles. The molecule has 5 nitrogen and oxygen atoms in total. The van der Waals surface area contributed by atoms with Crippen LogP contribution in [0.5, 0.6) is 0 Å². The van der Waals surface area contributed by atoms with Gasteiger partial charge in [0.2, 0.25) is 0 Å². The molecule has 1 aromatic rings. The molecular formula is C14H17ClN2O3. The Morgan fingerprint density at radius 1 is 1.35 bits per heavy atom. The number of anilines is 1. The van der Waals surface area contributed by atoms with Gasteiger partial charge in [-0.15, -0.1) is 0 Å². The number of benzene rings is 1. The van der Waals surface area contributed by atoms with E-state index in [9.17, 15) is 9.59 Å². The predicted octanol–water partition coefficient (Wildman–Crippen LogP) is 3.35. The van der Waals surface area contributed by atoms with Crippen molar-refractivity contribution in [3.05, 3.63) is 28.8 Å². The zero-order chi connectivity index (χ0) is 14.9. The van der Waals surface area contributed by atoms with Gasteiger partial charge in [0.1, 0.15) is 0 Å². The first-order chi connectivity index (χ1) is 9.29. The maximum atomic E-state index is 11.9. The summed E-state index contributed by atoms with van der Waals surface area (Å²) in [4.78, 5) is 22.7. The first-order valence-corrected chi connectivity index (χ1v) is 6.79. The van der Waals surface area contributed by atoms with Crippen molar-refractivity contribution in [2.24, 2.45) is 5.92 Å². The van der Waals surface area contributed by atoms with Gasteiger partial charge >= 0.3 is 12.0 Å². The monoisotopic (exact) mass is 296 g/mol. The number of aromatic carboxylic acids is 1. The molecule has 1 aliphatic carbocycles. The van der Waals surface area contributed by atoms with E-state index >= 15 is 0 Å². The summed E-state index contributed by atoms with van der Waals surface area (Å²) in [5.41, 5.74) is 0.231. The summed E-state index contributed by atoms with van der Waals surface area (Å²) < 4.78 is 0. The molecule has 0 spiro atoms. The van der Waals surface area contributed by atoms with E-state index in [1.165, 1.54) is 18.2 Å². The number of hydrogen-bond donors (Lipinski definition) is 3. The molecule has 6 heteroatoms. The number of rotatable bonds is 4. The van der Waals surface area contributed by atoms with Crippen LogP contribution in [0.15, 0.2) is 18.2 Å². The van der Waals surface area contributed by atoms with Crippen molar-refractivity contribution in [2.45, 2.75) is 32.2 Å². The molecule has 3 N–H and O–H groups in total. The van der Waals surface area contributed by atoms with E-state index in [0.29, 0.717) is 11.6 Å². The van der Waals surface area contributed by atoms with E-state index in [0.717, 1.165) is 12.8 Å². The average molecular weight is 297 g/mol. The van der Waals surface area contributed by atoms with E-state index in [4.69, 9.17) is 16.7 Å². The third-order valence-corrected chi connectivity index (χ3v) is 3.80. The van der Waals surface area contributed by atoms with Crippen molar-refractivity contribution in [1.29, 1.82) is 0 Å². The minimum absolute atomic E-state index is 0.0101. The molecule has 2 amide bonds. The van der Waals surface area contributed by atoms with Crippen molar-refractivity contribution in [3.8, 4) is 0 Å². The molecule has 0 atom stereocenters. The van der Waals surface area contributed by atoms with Crippen molar-refractivity contribution >= 4 is 29.3 Å². The Kier molecular flexibility index (Phi) is 3.90. The number of carbonyl (C=O) groups is 2. The molecule has 0 aliphatic heterocycles. The summed E-state index contributed by atoms with van der Waals surface area (Å²) in [6.07, 6.45) is 2.26. The Bertz CT molecular complexity index is 553. The second-order valence-corrected chi connectivity index (χ2v) is 5.98. The van der Waals surface area contributed by atoms with Gasteiger partial charge in [0, 0.05) is 11.2 Å². The Labute approximate surface area is 122 Å². The normalized spacial score (nSPS) is 14.8. The zero-order valence-electron chi connectivity index (χ0n) is 11.4. The number of carboxylic acids is 1. The first-order valence-electron chi connectivity index (χ1n) is 6.41. The number of nitrogens with one attached hydrogen (secondary N) is 2. The summed E-state index contributed by atoms with van der Waals surface area (Å²) in [5.74, 6) is -0.577. The first kappa shape index (κ1) is 14.7. The molecule has 0 unspecified atom stereocenters. The van der Waals surface area contributed by atoms with Gasteiger partial charge in [-0.25, -0.2) is 9.59 Å². The van der Waals surface area contributed by atoms with Gasteiger partial charge in [0.05, 0.1) is 10.6 Å². The molecule has 1 saturated carbocycles. The van der Waals surface area contributed by atoms with Gasteiger partial charge in [-0.3, -0.25) is 0 Å². The van der Waals surface area contributed by atoms with Crippen LogP contribution in [0.25, 0.3) is 0 Å². The topological polar surface area (TPSA) is 78.4 Å². The van der Waals surface area contributed by atoms with Crippen LogP contribution >= 0.6 is 11.6 Å². The lowest BCUT2D eigenvalue weighted by molar-refractivity contribution is 0.0697. The quantitative estimate of drug-likeness (QED) is 0.797. The fourth-order valence-corrected chi connectivity index (χ4v) is 2.39. The number of carboxylic acid groups (broad SMARTS) is 1. The van der Waals surface area contributed by atoms with Gasteiger partial charge in [-0.2, -0.15) is 0 Å². The summed E-state index contributed by atoms with van der Waals surface area (Å²) in [6, 6.07) is 3.99. The Morgan fingerprint density at radius 2 is 2.00 bits per heavy atom. The zero-order valence-corrected chi connectivity index (χ0v) is 12.1. The molecule has 0 bridgehead atoms. The van der Waals surface area contributed by atoms with Crippen molar-refractivity contribution < 1.29 is 14.7 Å². The minimum atomic E-state index is -1.10. The van der Waals surface area contributed by atoms with E-state index < -0.39 is 5.97 Å². The van der Waals surface area contributed by atoms with Gasteiger partial charge in [-0.05, 0) is 50.8 Å². The second-order valence-electron chi connectivity index (χ2n) is 5.57. The van der Waals surface area contributed by atoms with Crippen molar-refractivity contribution in [1.82, 2.24) is 5.32 Å². The maximum absolute atomic E-state index is 11.9. The molecule has 20 heavy (non-hydrogen) atoms. The smallest absolute Gasteiger partial charge is 0.337 e. The number of hydrogen-bond acceptors (Lipinski definition) is 2. The lowest BCUT2D eigenvalue weighted by atomic mass is 9.99. The largest absolute Gasteiger partial charge is 0.478 e. The Balaban J connectivity index is 2.01. The molecule has 1 aliphatic rings. The van der Waals surface area contributed by atoms with E-state index in [-0.39, 0.29) is 22.2 Å². The number of amides is 2. The molecule has 0 heterocycles.